The Labute approximate surface area is 130 Å². The van der Waals surface area contributed by atoms with E-state index in [-0.39, 0.29) is 0 Å². The van der Waals surface area contributed by atoms with E-state index in [1.165, 1.54) is 56.4 Å². The van der Waals surface area contributed by atoms with Gasteiger partial charge in [-0.3, -0.25) is 0 Å². The van der Waals surface area contributed by atoms with E-state index in [0.29, 0.717) is 6.04 Å². The summed E-state index contributed by atoms with van der Waals surface area (Å²) in [7, 11) is 0. The van der Waals surface area contributed by atoms with Crippen LogP contribution in [0.4, 0.5) is 5.69 Å². The molecule has 2 rings (SSSR count). The van der Waals surface area contributed by atoms with Crippen molar-refractivity contribution in [3.8, 4) is 0 Å². The highest BCUT2D eigenvalue weighted by Gasteiger charge is 2.11. The molecule has 0 aromatic heterocycles. The molecule has 2 nitrogen and oxygen atoms in total. The Balaban J connectivity index is 1.70. The van der Waals surface area contributed by atoms with Gasteiger partial charge in [-0.25, -0.2) is 0 Å². The highest BCUT2D eigenvalue weighted by Crippen LogP contribution is 2.20. The molecule has 1 fully saturated rings. The number of rotatable bonds is 8. The highest BCUT2D eigenvalue weighted by molar-refractivity contribution is 5.48. The van der Waals surface area contributed by atoms with Gasteiger partial charge in [-0.1, -0.05) is 38.8 Å². The summed E-state index contributed by atoms with van der Waals surface area (Å²) in [4.78, 5) is 2.49. The van der Waals surface area contributed by atoms with Gasteiger partial charge in [0.25, 0.3) is 0 Å². The molecule has 1 saturated heterocycles. The summed E-state index contributed by atoms with van der Waals surface area (Å²) in [5.41, 5.74) is 2.79. The lowest BCUT2D eigenvalue weighted by atomic mass is 10.0. The molecule has 1 atom stereocenters. The van der Waals surface area contributed by atoms with E-state index in [0.717, 1.165) is 12.5 Å². The molecule has 118 valence electrons. The molecule has 0 bridgehead atoms. The maximum Gasteiger partial charge on any atom is 0.0366 e. The van der Waals surface area contributed by atoms with E-state index in [1.54, 1.807) is 0 Å². The summed E-state index contributed by atoms with van der Waals surface area (Å²) < 4.78 is 0. The standard InChI is InChI=1S/C19H32N2/c1-16(2)7-6-8-17(3)20-15-18-9-11-19(12-10-18)21-13-4-5-14-21/h9-12,16-17,20H,4-8,13-15H2,1-3H3. The first-order valence-electron chi connectivity index (χ1n) is 8.72. The first-order chi connectivity index (χ1) is 10.1. The molecule has 1 aliphatic heterocycles. The molecular weight excluding hydrogens is 256 g/mol. The predicted molar refractivity (Wildman–Crippen MR) is 92.9 cm³/mol. The molecule has 0 aliphatic carbocycles. The summed E-state index contributed by atoms with van der Waals surface area (Å²) in [5, 5.41) is 3.65. The van der Waals surface area contributed by atoms with Gasteiger partial charge >= 0.3 is 0 Å². The second-order valence-electron chi connectivity index (χ2n) is 6.97. The van der Waals surface area contributed by atoms with Gasteiger partial charge in [0.15, 0.2) is 0 Å². The first kappa shape index (κ1) is 16.4. The monoisotopic (exact) mass is 288 g/mol. The van der Waals surface area contributed by atoms with Crippen molar-refractivity contribution in [1.29, 1.82) is 0 Å². The third-order valence-electron chi connectivity index (χ3n) is 4.48. The zero-order chi connectivity index (χ0) is 15.1. The van der Waals surface area contributed by atoms with Crippen molar-refractivity contribution in [2.24, 2.45) is 5.92 Å². The molecule has 2 heteroatoms. The van der Waals surface area contributed by atoms with Crippen LogP contribution in [0.3, 0.4) is 0 Å². The van der Waals surface area contributed by atoms with E-state index < -0.39 is 0 Å². The molecule has 0 saturated carbocycles. The van der Waals surface area contributed by atoms with Crippen molar-refractivity contribution < 1.29 is 0 Å². The highest BCUT2D eigenvalue weighted by atomic mass is 15.1. The zero-order valence-corrected chi connectivity index (χ0v) is 14.1. The van der Waals surface area contributed by atoms with Gasteiger partial charge in [0.1, 0.15) is 0 Å². The van der Waals surface area contributed by atoms with Crippen LogP contribution in [0.2, 0.25) is 0 Å². The fourth-order valence-corrected chi connectivity index (χ4v) is 3.03. The van der Waals surface area contributed by atoms with Crippen LogP contribution in [0.5, 0.6) is 0 Å². The summed E-state index contributed by atoms with van der Waals surface area (Å²) in [6.07, 6.45) is 6.65. The topological polar surface area (TPSA) is 15.3 Å². The number of hydrogen-bond donors (Lipinski definition) is 1. The number of benzene rings is 1. The van der Waals surface area contributed by atoms with Crippen LogP contribution in [-0.4, -0.2) is 19.1 Å². The molecule has 1 aliphatic rings. The maximum absolute atomic E-state index is 3.65. The van der Waals surface area contributed by atoms with Crippen LogP contribution in [0.25, 0.3) is 0 Å². The second kappa shape index (κ2) is 8.43. The van der Waals surface area contributed by atoms with Gasteiger partial charge in [0.2, 0.25) is 0 Å². The average molecular weight is 288 g/mol. The lowest BCUT2D eigenvalue weighted by Gasteiger charge is -2.18. The number of nitrogens with one attached hydrogen (secondary N) is 1. The first-order valence-corrected chi connectivity index (χ1v) is 8.72. The van der Waals surface area contributed by atoms with Gasteiger partial charge in [-0.15, -0.1) is 0 Å². The van der Waals surface area contributed by atoms with Gasteiger partial charge in [0.05, 0.1) is 0 Å². The molecule has 21 heavy (non-hydrogen) atoms. The third-order valence-corrected chi connectivity index (χ3v) is 4.48. The van der Waals surface area contributed by atoms with Crippen molar-refractivity contribution in [2.75, 3.05) is 18.0 Å². The molecule has 0 radical (unpaired) electrons. The van der Waals surface area contributed by atoms with Crippen molar-refractivity contribution in [3.05, 3.63) is 29.8 Å². The van der Waals surface area contributed by atoms with Crippen LogP contribution >= 0.6 is 0 Å². The Morgan fingerprint density at radius 3 is 2.29 bits per heavy atom. The van der Waals surface area contributed by atoms with Crippen molar-refractivity contribution in [2.45, 2.75) is 65.5 Å². The maximum atomic E-state index is 3.65. The number of nitrogens with zero attached hydrogens (tertiary/aromatic N) is 1. The van der Waals surface area contributed by atoms with Crippen LogP contribution in [-0.2, 0) is 6.54 Å². The zero-order valence-electron chi connectivity index (χ0n) is 14.1. The Bertz CT molecular complexity index is 391. The van der Waals surface area contributed by atoms with Crippen LogP contribution < -0.4 is 10.2 Å². The lowest BCUT2D eigenvalue weighted by molar-refractivity contribution is 0.457. The summed E-state index contributed by atoms with van der Waals surface area (Å²) in [6.45, 7) is 10.4. The second-order valence-corrected chi connectivity index (χ2v) is 6.97. The summed E-state index contributed by atoms with van der Waals surface area (Å²) in [6, 6.07) is 9.74. The smallest absolute Gasteiger partial charge is 0.0366 e. The predicted octanol–water partition coefficient (Wildman–Crippen LogP) is 4.59. The summed E-state index contributed by atoms with van der Waals surface area (Å²) >= 11 is 0. The molecule has 1 unspecified atom stereocenters. The summed E-state index contributed by atoms with van der Waals surface area (Å²) in [5.74, 6) is 0.829. The fraction of sp³-hybridized carbons (Fsp3) is 0.684. The number of anilines is 1. The quantitative estimate of drug-likeness (QED) is 0.752. The lowest BCUT2D eigenvalue weighted by Crippen LogP contribution is -2.25. The third kappa shape index (κ3) is 5.70. The molecule has 1 heterocycles. The van der Waals surface area contributed by atoms with Crippen molar-refractivity contribution in [1.82, 2.24) is 5.32 Å². The SMILES string of the molecule is CC(C)CCCC(C)NCc1ccc(N2CCCC2)cc1. The van der Waals surface area contributed by atoms with Gasteiger partial charge in [-0.2, -0.15) is 0 Å². The van der Waals surface area contributed by atoms with Crippen LogP contribution in [0.15, 0.2) is 24.3 Å². The minimum Gasteiger partial charge on any atom is -0.372 e. The Morgan fingerprint density at radius 1 is 1.00 bits per heavy atom. The fourth-order valence-electron chi connectivity index (χ4n) is 3.03. The molecular formula is C19H32N2. The molecule has 0 spiro atoms. The largest absolute Gasteiger partial charge is 0.372 e. The number of hydrogen-bond acceptors (Lipinski definition) is 2. The van der Waals surface area contributed by atoms with Crippen LogP contribution in [0, 0.1) is 5.92 Å². The van der Waals surface area contributed by atoms with Gasteiger partial charge in [-0.05, 0) is 49.8 Å². The Hall–Kier alpha value is -1.02. The van der Waals surface area contributed by atoms with E-state index in [9.17, 15) is 0 Å². The van der Waals surface area contributed by atoms with E-state index in [2.05, 4.69) is 55.3 Å². The molecule has 1 aromatic rings. The Morgan fingerprint density at radius 2 is 1.67 bits per heavy atom. The van der Waals surface area contributed by atoms with Crippen molar-refractivity contribution in [3.63, 3.8) is 0 Å². The van der Waals surface area contributed by atoms with Crippen molar-refractivity contribution >= 4 is 5.69 Å². The van der Waals surface area contributed by atoms with E-state index in [1.807, 2.05) is 0 Å². The molecule has 1 aromatic carbocycles. The van der Waals surface area contributed by atoms with E-state index in [4.69, 9.17) is 0 Å². The minimum atomic E-state index is 0.613. The minimum absolute atomic E-state index is 0.613. The Kier molecular flexibility index (Phi) is 6.56. The van der Waals surface area contributed by atoms with Crippen LogP contribution in [0.1, 0.15) is 58.4 Å². The van der Waals surface area contributed by atoms with E-state index >= 15 is 0 Å². The normalized spacial score (nSPS) is 16.7. The molecule has 0 amide bonds. The van der Waals surface area contributed by atoms with Gasteiger partial charge in [0, 0.05) is 31.4 Å². The average Bonchev–Trinajstić information content (AvgIpc) is 2.99. The molecule has 1 N–H and O–H groups in total. The van der Waals surface area contributed by atoms with Gasteiger partial charge < -0.3 is 10.2 Å².